The number of hydrogen-bond acceptors (Lipinski definition) is 5. The van der Waals surface area contributed by atoms with Gasteiger partial charge in [0.2, 0.25) is 0 Å². The Bertz CT molecular complexity index is 795. The molecule has 0 heterocycles. The predicted molar refractivity (Wildman–Crippen MR) is 100 cm³/mol. The molecule has 0 fully saturated rings. The minimum absolute atomic E-state index is 0.0832. The minimum Gasteiger partial charge on any atom is -0.496 e. The van der Waals surface area contributed by atoms with Crippen LogP contribution in [0.4, 0.5) is 10.5 Å². The zero-order valence-corrected chi connectivity index (χ0v) is 15.5. The number of methoxy groups -OCH3 is 1. The van der Waals surface area contributed by atoms with Crippen LogP contribution in [-0.2, 0) is 11.3 Å². The van der Waals surface area contributed by atoms with Crippen LogP contribution < -0.4 is 15.8 Å². The molecule has 0 spiro atoms. The molecule has 0 unspecified atom stereocenters. The highest BCUT2D eigenvalue weighted by Crippen LogP contribution is 2.29. The fourth-order valence-corrected chi connectivity index (χ4v) is 2.44. The van der Waals surface area contributed by atoms with Crippen LogP contribution in [-0.4, -0.2) is 24.6 Å². The third-order valence-electron chi connectivity index (χ3n) is 3.62. The van der Waals surface area contributed by atoms with Crippen molar-refractivity contribution in [3.05, 3.63) is 59.2 Å². The van der Waals surface area contributed by atoms with E-state index in [0.29, 0.717) is 22.4 Å². The molecular formula is C20H24N2O4. The number of nitrogens with two attached hydrogens (primary N) is 1. The van der Waals surface area contributed by atoms with Crippen LogP contribution in [0.1, 0.15) is 42.3 Å². The molecule has 2 rings (SSSR count). The van der Waals surface area contributed by atoms with Crippen molar-refractivity contribution in [2.75, 3.05) is 12.8 Å². The number of anilines is 1. The molecule has 2 aromatic carbocycles. The summed E-state index contributed by atoms with van der Waals surface area (Å²) in [6.45, 7) is 5.42. The Kier molecular flexibility index (Phi) is 5.87. The number of nitrogen functional groups attached to an aromatic ring is 1. The van der Waals surface area contributed by atoms with Gasteiger partial charge in [0.05, 0.1) is 19.3 Å². The summed E-state index contributed by atoms with van der Waals surface area (Å²) in [4.78, 5) is 24.6. The molecule has 26 heavy (non-hydrogen) atoms. The van der Waals surface area contributed by atoms with Crippen LogP contribution in [0.2, 0.25) is 0 Å². The molecule has 6 nitrogen and oxygen atoms in total. The Labute approximate surface area is 153 Å². The molecule has 0 atom stereocenters. The molecule has 138 valence electrons. The van der Waals surface area contributed by atoms with E-state index in [9.17, 15) is 9.59 Å². The molecule has 3 N–H and O–H groups in total. The first-order chi connectivity index (χ1) is 12.2. The molecule has 0 aliphatic heterocycles. The molecule has 0 saturated carbocycles. The molecule has 1 amide bonds. The number of rotatable bonds is 5. The normalized spacial score (nSPS) is 10.9. The van der Waals surface area contributed by atoms with Gasteiger partial charge in [-0.2, -0.15) is 0 Å². The summed E-state index contributed by atoms with van der Waals surface area (Å²) in [6, 6.07) is 12.2. The molecule has 0 aromatic heterocycles. The minimum atomic E-state index is -0.606. The standard InChI is InChI=1S/C20H24N2O4/c1-20(2,3)26-19(24)22-12-15-16(25-4)11-10-14(17(15)21)18(23)13-8-6-5-7-9-13/h5-11H,12,21H2,1-4H3,(H,22,24). The molecule has 0 aliphatic rings. The number of benzene rings is 2. The third kappa shape index (κ3) is 4.75. The highest BCUT2D eigenvalue weighted by Gasteiger charge is 2.20. The van der Waals surface area contributed by atoms with Crippen LogP contribution in [0.3, 0.4) is 0 Å². The van der Waals surface area contributed by atoms with E-state index in [2.05, 4.69) is 5.32 Å². The first kappa shape index (κ1) is 19.3. The quantitative estimate of drug-likeness (QED) is 0.632. The third-order valence-corrected chi connectivity index (χ3v) is 3.62. The topological polar surface area (TPSA) is 90.6 Å². The summed E-state index contributed by atoms with van der Waals surface area (Å²) in [5, 5.41) is 2.64. The zero-order chi connectivity index (χ0) is 19.3. The number of carbonyl (C=O) groups excluding carboxylic acids is 2. The predicted octanol–water partition coefficient (Wildman–Crippen LogP) is 3.53. The number of nitrogens with one attached hydrogen (secondary N) is 1. The SMILES string of the molecule is COc1ccc(C(=O)c2ccccc2)c(N)c1CNC(=O)OC(C)(C)C. The fourth-order valence-electron chi connectivity index (χ4n) is 2.44. The van der Waals surface area contributed by atoms with Crippen molar-refractivity contribution in [3.8, 4) is 5.75 Å². The molecule has 2 aromatic rings. The van der Waals surface area contributed by atoms with Crippen molar-refractivity contribution in [2.45, 2.75) is 32.9 Å². The smallest absolute Gasteiger partial charge is 0.407 e. The lowest BCUT2D eigenvalue weighted by Crippen LogP contribution is -2.32. The fraction of sp³-hybridized carbons (Fsp3) is 0.300. The number of ketones is 1. The Morgan fingerprint density at radius 1 is 1.08 bits per heavy atom. The van der Waals surface area contributed by atoms with Crippen molar-refractivity contribution in [1.82, 2.24) is 5.32 Å². The van der Waals surface area contributed by atoms with Crippen LogP contribution >= 0.6 is 0 Å². The lowest BCUT2D eigenvalue weighted by atomic mass is 9.98. The van der Waals surface area contributed by atoms with E-state index in [1.807, 2.05) is 6.07 Å². The Balaban J connectivity index is 2.28. The highest BCUT2D eigenvalue weighted by atomic mass is 16.6. The first-order valence-electron chi connectivity index (χ1n) is 8.25. The average Bonchev–Trinajstić information content (AvgIpc) is 2.59. The van der Waals surface area contributed by atoms with Crippen LogP contribution in [0.15, 0.2) is 42.5 Å². The Morgan fingerprint density at radius 3 is 2.31 bits per heavy atom. The summed E-state index contributed by atoms with van der Waals surface area (Å²) in [5.74, 6) is 0.299. The Morgan fingerprint density at radius 2 is 1.73 bits per heavy atom. The van der Waals surface area contributed by atoms with Crippen molar-refractivity contribution in [1.29, 1.82) is 0 Å². The van der Waals surface area contributed by atoms with E-state index in [-0.39, 0.29) is 18.0 Å². The number of hydrogen-bond donors (Lipinski definition) is 2. The molecule has 0 aliphatic carbocycles. The van der Waals surface area contributed by atoms with Crippen LogP contribution in [0.25, 0.3) is 0 Å². The van der Waals surface area contributed by atoms with E-state index < -0.39 is 11.7 Å². The van der Waals surface area contributed by atoms with E-state index in [1.54, 1.807) is 57.2 Å². The second-order valence-electron chi connectivity index (χ2n) is 6.76. The maximum absolute atomic E-state index is 12.7. The first-order valence-corrected chi connectivity index (χ1v) is 8.25. The van der Waals surface area contributed by atoms with Gasteiger partial charge in [0, 0.05) is 16.7 Å². The molecule has 0 saturated heterocycles. The zero-order valence-electron chi connectivity index (χ0n) is 15.5. The molecule has 0 bridgehead atoms. The van der Waals surface area contributed by atoms with Crippen molar-refractivity contribution in [3.63, 3.8) is 0 Å². The summed E-state index contributed by atoms with van der Waals surface area (Å²) < 4.78 is 10.5. The molecule has 0 radical (unpaired) electrons. The lowest BCUT2D eigenvalue weighted by Gasteiger charge is -2.20. The van der Waals surface area contributed by atoms with Gasteiger partial charge in [-0.1, -0.05) is 30.3 Å². The van der Waals surface area contributed by atoms with Crippen LogP contribution in [0.5, 0.6) is 5.75 Å². The average molecular weight is 356 g/mol. The summed E-state index contributed by atoms with van der Waals surface area (Å²) in [7, 11) is 1.50. The maximum atomic E-state index is 12.7. The summed E-state index contributed by atoms with van der Waals surface area (Å²) in [6.07, 6.45) is -0.571. The second kappa shape index (κ2) is 7.91. The summed E-state index contributed by atoms with van der Waals surface area (Å²) >= 11 is 0. The van der Waals surface area contributed by atoms with E-state index in [0.717, 1.165) is 0 Å². The Hall–Kier alpha value is -3.02. The highest BCUT2D eigenvalue weighted by molar-refractivity contribution is 6.12. The van der Waals surface area contributed by atoms with Gasteiger partial charge >= 0.3 is 6.09 Å². The molecule has 6 heteroatoms. The monoisotopic (exact) mass is 356 g/mol. The van der Waals surface area contributed by atoms with Gasteiger partial charge in [0.15, 0.2) is 5.78 Å². The van der Waals surface area contributed by atoms with E-state index >= 15 is 0 Å². The van der Waals surface area contributed by atoms with E-state index in [4.69, 9.17) is 15.2 Å². The van der Waals surface area contributed by atoms with Gasteiger partial charge in [0.1, 0.15) is 11.4 Å². The van der Waals surface area contributed by atoms with Gasteiger partial charge in [-0.3, -0.25) is 4.79 Å². The number of ether oxygens (including phenoxy) is 2. The van der Waals surface area contributed by atoms with Gasteiger partial charge in [-0.25, -0.2) is 4.79 Å². The summed E-state index contributed by atoms with van der Waals surface area (Å²) in [5.41, 5.74) is 7.31. The van der Waals surface area contributed by atoms with Gasteiger partial charge in [-0.15, -0.1) is 0 Å². The largest absolute Gasteiger partial charge is 0.496 e. The number of carbonyl (C=O) groups is 2. The maximum Gasteiger partial charge on any atom is 0.407 e. The number of alkyl carbamates (subject to hydrolysis) is 1. The van der Waals surface area contributed by atoms with Crippen molar-refractivity contribution in [2.24, 2.45) is 0 Å². The molecular weight excluding hydrogens is 332 g/mol. The second-order valence-corrected chi connectivity index (χ2v) is 6.76. The lowest BCUT2D eigenvalue weighted by molar-refractivity contribution is 0.0523. The van der Waals surface area contributed by atoms with E-state index in [1.165, 1.54) is 7.11 Å². The van der Waals surface area contributed by atoms with Gasteiger partial charge < -0.3 is 20.5 Å². The van der Waals surface area contributed by atoms with Crippen LogP contribution in [0, 0.1) is 0 Å². The number of amides is 1. The van der Waals surface area contributed by atoms with Crippen molar-refractivity contribution < 1.29 is 19.1 Å². The van der Waals surface area contributed by atoms with Gasteiger partial charge in [0.25, 0.3) is 0 Å². The van der Waals surface area contributed by atoms with Crippen molar-refractivity contribution >= 4 is 17.6 Å². The van der Waals surface area contributed by atoms with Gasteiger partial charge in [-0.05, 0) is 32.9 Å².